The lowest BCUT2D eigenvalue weighted by molar-refractivity contribution is 0.0599. The number of hydrogen-bond donors (Lipinski definition) is 1. The van der Waals surface area contributed by atoms with Gasteiger partial charge in [0.2, 0.25) is 12.7 Å². The number of β-amino-alcohol motifs (C(OH)–C–C–N with tert-alkyl or cyclic N) is 1. The van der Waals surface area contributed by atoms with Crippen LogP contribution in [0.5, 0.6) is 17.2 Å². The van der Waals surface area contributed by atoms with Gasteiger partial charge in [-0.2, -0.15) is 0 Å². The van der Waals surface area contributed by atoms with Gasteiger partial charge in [0.25, 0.3) is 5.89 Å². The van der Waals surface area contributed by atoms with Gasteiger partial charge in [0.05, 0.1) is 5.39 Å². The second-order valence-corrected chi connectivity index (χ2v) is 9.06. The van der Waals surface area contributed by atoms with E-state index in [1.807, 2.05) is 30.3 Å². The van der Waals surface area contributed by atoms with Crippen LogP contribution in [0.25, 0.3) is 22.6 Å². The molecule has 0 spiro atoms. The van der Waals surface area contributed by atoms with Crippen LogP contribution in [0.1, 0.15) is 30.2 Å². The van der Waals surface area contributed by atoms with E-state index in [1.165, 1.54) is 5.56 Å². The molecule has 2 aromatic heterocycles. The quantitative estimate of drug-likeness (QED) is 0.421. The van der Waals surface area contributed by atoms with Crippen molar-refractivity contribution in [2.45, 2.75) is 31.8 Å². The first-order chi connectivity index (χ1) is 17.1. The number of furan rings is 1. The minimum Gasteiger partial charge on any atom is -0.490 e. The summed E-state index contributed by atoms with van der Waals surface area (Å²) in [4.78, 5) is 2.30. The fourth-order valence-corrected chi connectivity index (χ4v) is 4.81. The van der Waals surface area contributed by atoms with Crippen molar-refractivity contribution >= 4 is 11.0 Å². The van der Waals surface area contributed by atoms with Crippen molar-refractivity contribution in [3.8, 4) is 28.9 Å². The van der Waals surface area contributed by atoms with Crippen LogP contribution in [-0.4, -0.2) is 59.3 Å². The number of benzene rings is 2. The highest BCUT2D eigenvalue weighted by Crippen LogP contribution is 2.37. The lowest BCUT2D eigenvalue weighted by Gasteiger charge is -2.33. The summed E-state index contributed by atoms with van der Waals surface area (Å²) in [5.74, 6) is 4.08. The molecule has 9 nitrogen and oxygen atoms in total. The number of aliphatic hydroxyl groups excluding tert-OH is 1. The molecule has 2 aliphatic rings. The fraction of sp³-hybridized carbons (Fsp3) is 0.385. The molecule has 2 aromatic carbocycles. The Bertz CT molecular complexity index is 1320. The number of rotatable bonds is 7. The number of piperidine rings is 1. The van der Waals surface area contributed by atoms with E-state index < -0.39 is 6.10 Å². The molecule has 4 aromatic rings. The Balaban J connectivity index is 1.03. The Morgan fingerprint density at radius 3 is 2.74 bits per heavy atom. The lowest BCUT2D eigenvalue weighted by atomic mass is 9.89. The molecular formula is C26H27N3O6. The Kier molecular flexibility index (Phi) is 5.79. The van der Waals surface area contributed by atoms with Gasteiger partial charge in [-0.3, -0.25) is 0 Å². The summed E-state index contributed by atoms with van der Waals surface area (Å²) in [5.41, 5.74) is 1.95. The molecule has 0 bridgehead atoms. The first-order valence-corrected chi connectivity index (χ1v) is 11.9. The topological polar surface area (TPSA) is 103 Å². The predicted octanol–water partition coefficient (Wildman–Crippen LogP) is 4.14. The summed E-state index contributed by atoms with van der Waals surface area (Å²) in [6, 6.07) is 13.6. The van der Waals surface area contributed by atoms with Crippen molar-refractivity contribution in [1.29, 1.82) is 0 Å². The second kappa shape index (κ2) is 9.24. The first kappa shape index (κ1) is 21.9. The van der Waals surface area contributed by atoms with Gasteiger partial charge < -0.3 is 33.1 Å². The Morgan fingerprint density at radius 1 is 1.06 bits per heavy atom. The highest BCUT2D eigenvalue weighted by Gasteiger charge is 2.24. The predicted molar refractivity (Wildman–Crippen MR) is 127 cm³/mol. The Hall–Kier alpha value is -3.56. The van der Waals surface area contributed by atoms with Crippen LogP contribution in [0.2, 0.25) is 0 Å². The number of likely N-dealkylation sites (tertiary alicyclic amines) is 1. The molecule has 35 heavy (non-hydrogen) atoms. The molecule has 1 unspecified atom stereocenters. The van der Waals surface area contributed by atoms with E-state index in [0.29, 0.717) is 48.1 Å². The SMILES string of the molecule is Cc1nnc(-c2cc3c(OCC(O)CN4CCC(c5ccc6c(c5)OCO6)CC4)cccc3o2)o1. The van der Waals surface area contributed by atoms with E-state index in [0.717, 1.165) is 42.8 Å². The second-order valence-electron chi connectivity index (χ2n) is 9.06. The summed E-state index contributed by atoms with van der Waals surface area (Å²) in [6.45, 7) is 4.66. The first-order valence-electron chi connectivity index (χ1n) is 11.9. The fourth-order valence-electron chi connectivity index (χ4n) is 4.81. The van der Waals surface area contributed by atoms with Crippen LogP contribution >= 0.6 is 0 Å². The number of aliphatic hydroxyl groups is 1. The smallest absolute Gasteiger partial charge is 0.283 e. The molecule has 1 saturated heterocycles. The number of ether oxygens (including phenoxy) is 3. The van der Waals surface area contributed by atoms with Gasteiger partial charge in [-0.1, -0.05) is 12.1 Å². The van der Waals surface area contributed by atoms with Crippen LogP contribution in [0, 0.1) is 6.92 Å². The van der Waals surface area contributed by atoms with Crippen LogP contribution in [0.3, 0.4) is 0 Å². The van der Waals surface area contributed by atoms with Crippen LogP contribution in [0.4, 0.5) is 0 Å². The van der Waals surface area contributed by atoms with E-state index in [-0.39, 0.29) is 6.61 Å². The Morgan fingerprint density at radius 2 is 1.91 bits per heavy atom. The molecule has 0 saturated carbocycles. The highest BCUT2D eigenvalue weighted by molar-refractivity contribution is 5.87. The van der Waals surface area contributed by atoms with E-state index in [2.05, 4.69) is 27.2 Å². The molecule has 4 heterocycles. The summed E-state index contributed by atoms with van der Waals surface area (Å²) in [6.07, 6.45) is 1.48. The molecule has 9 heteroatoms. The molecular weight excluding hydrogens is 450 g/mol. The summed E-state index contributed by atoms with van der Waals surface area (Å²) < 4.78 is 28.2. The van der Waals surface area contributed by atoms with E-state index in [1.54, 1.807) is 6.92 Å². The molecule has 6 rings (SSSR count). The van der Waals surface area contributed by atoms with Crippen LogP contribution in [-0.2, 0) is 0 Å². The molecule has 1 N–H and O–H groups in total. The third-order valence-electron chi connectivity index (χ3n) is 6.61. The standard InChI is InChI=1S/C26H27N3O6/c1-16-27-28-26(34-16)25-12-20-21(3-2-4-22(20)35-25)31-14-19(30)13-29-9-7-17(8-10-29)18-5-6-23-24(11-18)33-15-32-23/h2-6,11-12,17,19,30H,7-10,13-15H2,1H3. The third kappa shape index (κ3) is 4.56. The van der Waals surface area contributed by atoms with Gasteiger partial charge in [0.1, 0.15) is 24.0 Å². The number of hydrogen-bond acceptors (Lipinski definition) is 9. The number of fused-ring (bicyclic) bond motifs is 2. The minimum atomic E-state index is -0.600. The third-order valence-corrected chi connectivity index (χ3v) is 6.61. The van der Waals surface area contributed by atoms with Gasteiger partial charge in [0, 0.05) is 19.5 Å². The molecule has 1 atom stereocenters. The average Bonchev–Trinajstić information content (AvgIpc) is 3.62. The van der Waals surface area contributed by atoms with Gasteiger partial charge in [-0.25, -0.2) is 0 Å². The van der Waals surface area contributed by atoms with E-state index in [9.17, 15) is 5.11 Å². The van der Waals surface area contributed by atoms with Gasteiger partial charge in [0.15, 0.2) is 17.3 Å². The van der Waals surface area contributed by atoms with Crippen molar-refractivity contribution < 1.29 is 28.2 Å². The molecule has 0 radical (unpaired) electrons. The maximum absolute atomic E-state index is 10.7. The van der Waals surface area contributed by atoms with E-state index in [4.69, 9.17) is 23.0 Å². The largest absolute Gasteiger partial charge is 0.490 e. The number of aryl methyl sites for hydroxylation is 1. The van der Waals surface area contributed by atoms with Crippen molar-refractivity contribution in [2.75, 3.05) is 33.0 Å². The monoisotopic (exact) mass is 477 g/mol. The average molecular weight is 478 g/mol. The lowest BCUT2D eigenvalue weighted by Crippen LogP contribution is -2.40. The van der Waals surface area contributed by atoms with Crippen molar-refractivity contribution in [3.05, 3.63) is 53.9 Å². The van der Waals surface area contributed by atoms with E-state index >= 15 is 0 Å². The van der Waals surface area contributed by atoms with Crippen LogP contribution in [0.15, 0.2) is 51.3 Å². The number of nitrogens with zero attached hydrogens (tertiary/aromatic N) is 3. The van der Waals surface area contributed by atoms with Gasteiger partial charge in [-0.15, -0.1) is 10.2 Å². The normalized spacial score (nSPS) is 17.2. The summed E-state index contributed by atoms with van der Waals surface area (Å²) in [5, 5.41) is 19.3. The van der Waals surface area contributed by atoms with Crippen molar-refractivity contribution in [1.82, 2.24) is 15.1 Å². The molecule has 0 amide bonds. The zero-order valence-corrected chi connectivity index (χ0v) is 19.5. The maximum atomic E-state index is 10.7. The molecule has 2 aliphatic heterocycles. The summed E-state index contributed by atoms with van der Waals surface area (Å²) in [7, 11) is 0. The van der Waals surface area contributed by atoms with Crippen molar-refractivity contribution in [2.24, 2.45) is 0 Å². The van der Waals surface area contributed by atoms with Gasteiger partial charge >= 0.3 is 0 Å². The molecule has 182 valence electrons. The minimum absolute atomic E-state index is 0.196. The number of aromatic nitrogens is 2. The van der Waals surface area contributed by atoms with Gasteiger partial charge in [-0.05, 0) is 61.7 Å². The highest BCUT2D eigenvalue weighted by atomic mass is 16.7. The molecule has 1 fully saturated rings. The van der Waals surface area contributed by atoms with Crippen LogP contribution < -0.4 is 14.2 Å². The zero-order valence-electron chi connectivity index (χ0n) is 19.5. The Labute approximate surface area is 202 Å². The zero-order chi connectivity index (χ0) is 23.8. The molecule has 0 aliphatic carbocycles. The van der Waals surface area contributed by atoms with Crippen molar-refractivity contribution in [3.63, 3.8) is 0 Å². The maximum Gasteiger partial charge on any atom is 0.283 e. The summed E-state index contributed by atoms with van der Waals surface area (Å²) >= 11 is 0.